The highest BCUT2D eigenvalue weighted by molar-refractivity contribution is 7.15. The molecular weight excluding hydrogens is 302 g/mol. The third kappa shape index (κ3) is 2.37. The van der Waals surface area contributed by atoms with E-state index in [1.807, 2.05) is 35.2 Å². The zero-order valence-corrected chi connectivity index (χ0v) is 12.4. The molecule has 0 aliphatic heterocycles. The predicted molar refractivity (Wildman–Crippen MR) is 83.6 cm³/mol. The number of pyridine rings is 1. The van der Waals surface area contributed by atoms with Gasteiger partial charge in [-0.3, -0.25) is 4.98 Å². The van der Waals surface area contributed by atoms with Crippen LogP contribution in [0, 0.1) is 0 Å². The van der Waals surface area contributed by atoms with Crippen LogP contribution in [0.5, 0.6) is 0 Å². The smallest absolute Gasteiger partial charge is 0.212 e. The summed E-state index contributed by atoms with van der Waals surface area (Å²) in [4.78, 5) is 9.85. The highest BCUT2D eigenvalue weighted by Gasteiger charge is 2.10. The van der Waals surface area contributed by atoms with Crippen LogP contribution in [0.1, 0.15) is 0 Å². The van der Waals surface area contributed by atoms with Crippen molar-refractivity contribution in [2.45, 2.75) is 0 Å². The molecule has 0 aliphatic rings. The molecule has 0 amide bonds. The van der Waals surface area contributed by atoms with Crippen molar-refractivity contribution in [3.8, 4) is 27.0 Å². The molecule has 7 heteroatoms. The zero-order valence-electron chi connectivity index (χ0n) is 10.7. The quantitative estimate of drug-likeness (QED) is 0.581. The predicted octanol–water partition coefficient (Wildman–Crippen LogP) is 3.51. The minimum atomic E-state index is 0.788. The van der Waals surface area contributed by atoms with E-state index in [1.54, 1.807) is 39.7 Å². The van der Waals surface area contributed by atoms with Gasteiger partial charge in [0.2, 0.25) is 5.13 Å². The van der Waals surface area contributed by atoms with Crippen LogP contribution in [0.25, 0.3) is 27.0 Å². The Balaban J connectivity index is 1.67. The summed E-state index contributed by atoms with van der Waals surface area (Å²) in [6, 6.07) is 7.92. The Morgan fingerprint density at radius 1 is 1.05 bits per heavy atom. The molecule has 4 aromatic heterocycles. The van der Waals surface area contributed by atoms with Crippen molar-refractivity contribution in [3.05, 3.63) is 53.6 Å². The van der Waals surface area contributed by atoms with E-state index in [4.69, 9.17) is 0 Å². The minimum absolute atomic E-state index is 0.788. The summed E-state index contributed by atoms with van der Waals surface area (Å²) in [5.74, 6) is 0. The Labute approximate surface area is 128 Å². The van der Waals surface area contributed by atoms with Crippen molar-refractivity contribution in [2.24, 2.45) is 0 Å². The first-order valence-electron chi connectivity index (χ1n) is 6.23. The van der Waals surface area contributed by atoms with Gasteiger partial charge in [0.1, 0.15) is 5.69 Å². The van der Waals surface area contributed by atoms with Crippen molar-refractivity contribution in [1.29, 1.82) is 0 Å². The molecule has 4 aromatic rings. The van der Waals surface area contributed by atoms with Crippen LogP contribution in [0.3, 0.4) is 0 Å². The van der Waals surface area contributed by atoms with Crippen molar-refractivity contribution in [2.75, 3.05) is 0 Å². The molecule has 4 heterocycles. The summed E-state index contributed by atoms with van der Waals surface area (Å²) in [5, 5.41) is 13.2. The first kappa shape index (κ1) is 12.4. The van der Waals surface area contributed by atoms with E-state index in [0.29, 0.717) is 0 Å². The molecule has 21 heavy (non-hydrogen) atoms. The molecule has 5 nitrogen and oxygen atoms in total. The second-order valence-electron chi connectivity index (χ2n) is 4.28. The lowest BCUT2D eigenvalue weighted by molar-refractivity contribution is 0.798. The molecule has 102 valence electrons. The van der Waals surface area contributed by atoms with Gasteiger partial charge < -0.3 is 0 Å². The average Bonchev–Trinajstić information content (AvgIpc) is 3.27. The lowest BCUT2D eigenvalue weighted by atomic mass is 10.2. The normalized spacial score (nSPS) is 10.9. The maximum absolute atomic E-state index is 4.60. The minimum Gasteiger partial charge on any atom is -0.264 e. The Morgan fingerprint density at radius 2 is 2.05 bits per heavy atom. The van der Waals surface area contributed by atoms with Gasteiger partial charge >= 0.3 is 0 Å². The fourth-order valence-electron chi connectivity index (χ4n) is 1.91. The zero-order chi connectivity index (χ0) is 14.1. The highest BCUT2D eigenvalue weighted by Crippen LogP contribution is 2.27. The summed E-state index contributed by atoms with van der Waals surface area (Å²) in [6.07, 6.45) is 5.38. The van der Waals surface area contributed by atoms with Crippen LogP contribution >= 0.6 is 22.7 Å². The van der Waals surface area contributed by atoms with Crippen LogP contribution in [-0.4, -0.2) is 25.0 Å². The molecule has 0 fully saturated rings. The van der Waals surface area contributed by atoms with Gasteiger partial charge in [-0.15, -0.1) is 27.8 Å². The van der Waals surface area contributed by atoms with E-state index in [2.05, 4.69) is 26.3 Å². The highest BCUT2D eigenvalue weighted by atomic mass is 32.1. The van der Waals surface area contributed by atoms with Gasteiger partial charge in [0.05, 0.1) is 16.8 Å². The van der Waals surface area contributed by atoms with E-state index in [-0.39, 0.29) is 0 Å². The molecule has 0 saturated carbocycles. The molecule has 0 atom stereocenters. The van der Waals surface area contributed by atoms with Gasteiger partial charge in [-0.2, -0.15) is 4.68 Å². The Morgan fingerprint density at radius 3 is 2.86 bits per heavy atom. The van der Waals surface area contributed by atoms with E-state index in [1.165, 1.54) is 0 Å². The molecule has 0 radical (unpaired) electrons. The van der Waals surface area contributed by atoms with Gasteiger partial charge in [0.15, 0.2) is 0 Å². The Bertz CT molecular complexity index is 849. The summed E-state index contributed by atoms with van der Waals surface area (Å²) < 4.78 is 1.70. The van der Waals surface area contributed by atoms with Gasteiger partial charge in [0, 0.05) is 23.3 Å². The molecule has 0 spiro atoms. The number of rotatable bonds is 3. The second kappa shape index (κ2) is 5.19. The molecule has 0 bridgehead atoms. The summed E-state index contributed by atoms with van der Waals surface area (Å²) in [7, 11) is 0. The van der Waals surface area contributed by atoms with Crippen LogP contribution < -0.4 is 0 Å². The summed E-state index contributed by atoms with van der Waals surface area (Å²) in [5.41, 5.74) is 2.71. The van der Waals surface area contributed by atoms with Crippen molar-refractivity contribution >= 4 is 22.7 Å². The average molecular weight is 311 g/mol. The fourth-order valence-corrected chi connectivity index (χ4v) is 3.42. The van der Waals surface area contributed by atoms with Gasteiger partial charge in [-0.1, -0.05) is 11.3 Å². The molecule has 4 rings (SSSR count). The van der Waals surface area contributed by atoms with Crippen molar-refractivity contribution in [1.82, 2.24) is 25.0 Å². The van der Waals surface area contributed by atoms with E-state index >= 15 is 0 Å². The van der Waals surface area contributed by atoms with Crippen molar-refractivity contribution < 1.29 is 0 Å². The second-order valence-corrected chi connectivity index (χ2v) is 6.07. The molecule has 0 N–H and O–H groups in total. The van der Waals surface area contributed by atoms with E-state index < -0.39 is 0 Å². The van der Waals surface area contributed by atoms with Crippen LogP contribution in [0.2, 0.25) is 0 Å². The van der Waals surface area contributed by atoms with Crippen LogP contribution in [-0.2, 0) is 0 Å². The van der Waals surface area contributed by atoms with Crippen LogP contribution in [0.15, 0.2) is 53.6 Å². The number of hydrogen-bond acceptors (Lipinski definition) is 6. The van der Waals surface area contributed by atoms with Gasteiger partial charge in [-0.05, 0) is 23.6 Å². The van der Waals surface area contributed by atoms with E-state index in [0.717, 1.165) is 27.0 Å². The number of thiophene rings is 1. The topological polar surface area (TPSA) is 56.5 Å². The molecular formula is C14H9N5S2. The molecule has 0 unspecified atom stereocenters. The standard InChI is InChI=1S/C14H9N5S2/c1-3-10(7-15-5-1)11-8-19(18-17-11)14-16-12(9-21-14)13-4-2-6-20-13/h1-9H. The first-order chi connectivity index (χ1) is 10.4. The summed E-state index contributed by atoms with van der Waals surface area (Å²) >= 11 is 3.23. The Hall–Kier alpha value is -2.38. The number of hydrogen-bond donors (Lipinski definition) is 0. The molecule has 0 saturated heterocycles. The lowest BCUT2D eigenvalue weighted by Gasteiger charge is -1.93. The van der Waals surface area contributed by atoms with Gasteiger partial charge in [0.25, 0.3) is 0 Å². The number of aromatic nitrogens is 5. The molecule has 0 aromatic carbocycles. The lowest BCUT2D eigenvalue weighted by Crippen LogP contribution is -1.93. The SMILES string of the molecule is c1cncc(-c2cn(-c3nc(-c4cccs4)cs3)nn2)c1. The van der Waals surface area contributed by atoms with Gasteiger partial charge in [-0.25, -0.2) is 4.98 Å². The maximum Gasteiger partial charge on any atom is 0.212 e. The largest absolute Gasteiger partial charge is 0.264 e. The third-order valence-electron chi connectivity index (χ3n) is 2.91. The van der Waals surface area contributed by atoms with E-state index in [9.17, 15) is 0 Å². The first-order valence-corrected chi connectivity index (χ1v) is 7.98. The fraction of sp³-hybridized carbons (Fsp3) is 0. The summed E-state index contributed by atoms with van der Waals surface area (Å²) in [6.45, 7) is 0. The Kier molecular flexibility index (Phi) is 3.06. The van der Waals surface area contributed by atoms with Crippen LogP contribution in [0.4, 0.5) is 0 Å². The number of nitrogens with zero attached hydrogens (tertiary/aromatic N) is 5. The molecule has 0 aliphatic carbocycles. The van der Waals surface area contributed by atoms with Crippen molar-refractivity contribution in [3.63, 3.8) is 0 Å². The third-order valence-corrected chi connectivity index (χ3v) is 4.64. The number of thiazole rings is 1. The monoisotopic (exact) mass is 311 g/mol. The maximum atomic E-state index is 4.60.